The van der Waals surface area contributed by atoms with Gasteiger partial charge in [-0.05, 0) is 6.92 Å². The molecule has 0 radical (unpaired) electrons. The highest BCUT2D eigenvalue weighted by atomic mass is 17.5. The molecule has 0 aliphatic carbocycles. The van der Waals surface area contributed by atoms with Crippen LogP contribution in [0.25, 0.3) is 0 Å². The van der Waals surface area contributed by atoms with Gasteiger partial charge in [0.05, 0.1) is 6.61 Å². The Morgan fingerprint density at radius 3 is 1.50 bits per heavy atom. The Morgan fingerprint density at radius 2 is 1.36 bits per heavy atom. The molecule has 0 aromatic heterocycles. The average Bonchev–Trinajstić information content (AvgIpc) is 2.47. The van der Waals surface area contributed by atoms with E-state index in [-0.39, 0.29) is 0 Å². The van der Waals surface area contributed by atoms with Crippen molar-refractivity contribution in [1.29, 1.82) is 0 Å². The van der Waals surface area contributed by atoms with Crippen LogP contribution >= 0.6 is 0 Å². The fourth-order valence-corrected chi connectivity index (χ4v) is 0.294. The Balaban J connectivity index is -0.000000277. The molecular weight excluding hydrogens is 302 g/mol. The van der Waals surface area contributed by atoms with Crippen LogP contribution in [0.15, 0.2) is 38.0 Å². The Hall–Kier alpha value is -3.14. The predicted octanol–water partition coefficient (Wildman–Crippen LogP) is 0.650. The monoisotopic (exact) mass is 319 g/mol. The van der Waals surface area contributed by atoms with E-state index in [1.54, 1.807) is 6.92 Å². The summed E-state index contributed by atoms with van der Waals surface area (Å²) in [6.45, 7) is 11.1. The van der Waals surface area contributed by atoms with Crippen molar-refractivity contribution in [2.45, 2.75) is 6.92 Å². The van der Waals surface area contributed by atoms with Crippen molar-refractivity contribution in [2.24, 2.45) is 5.73 Å². The number of rotatable bonds is 6. The minimum absolute atomic E-state index is 0.356. The lowest BCUT2D eigenvalue weighted by molar-refractivity contribution is -0.455. The molecule has 0 unspecified atom stereocenters. The number of primary amides is 1. The highest BCUT2D eigenvalue weighted by Crippen LogP contribution is 1.85. The molecule has 10 heteroatoms. The van der Waals surface area contributed by atoms with Gasteiger partial charge in [-0.3, -0.25) is 9.78 Å². The largest absolute Gasteiger partial charge is 0.478 e. The number of carboxylic acid groups (broad SMARTS) is 1. The molecule has 10 nitrogen and oxygen atoms in total. The lowest BCUT2D eigenvalue weighted by atomic mass is 10.7. The molecule has 0 aromatic rings. The molecule has 0 aliphatic rings. The summed E-state index contributed by atoms with van der Waals surface area (Å²) in [5.41, 5.74) is 4.54. The first-order valence-corrected chi connectivity index (χ1v) is 5.36. The van der Waals surface area contributed by atoms with Gasteiger partial charge >= 0.3 is 24.0 Å². The molecule has 0 saturated heterocycles. The lowest BCUT2D eigenvalue weighted by Gasteiger charge is -1.95. The maximum absolute atomic E-state index is 10.2. The Bertz CT molecular complexity index is 383. The van der Waals surface area contributed by atoms with Crippen LogP contribution in [-0.2, 0) is 33.9 Å². The number of carboxylic acids is 1. The number of hydrogen-bond donors (Lipinski definition) is 2. The van der Waals surface area contributed by atoms with Crippen LogP contribution in [0.3, 0.4) is 0 Å². The van der Waals surface area contributed by atoms with Crippen LogP contribution < -0.4 is 5.73 Å². The first kappa shape index (κ1) is 23.9. The molecule has 0 fully saturated rings. The molecular formula is C12H17NO9. The van der Waals surface area contributed by atoms with Gasteiger partial charge < -0.3 is 15.6 Å². The van der Waals surface area contributed by atoms with E-state index in [2.05, 4.69) is 45.0 Å². The second-order valence-corrected chi connectivity index (χ2v) is 2.58. The second kappa shape index (κ2) is 17.9. The van der Waals surface area contributed by atoms with Gasteiger partial charge in [0.2, 0.25) is 0 Å². The minimum atomic E-state index is -0.981. The summed E-state index contributed by atoms with van der Waals surface area (Å²) in [5, 5.41) is 11.3. The van der Waals surface area contributed by atoms with E-state index in [0.29, 0.717) is 6.61 Å². The van der Waals surface area contributed by atoms with E-state index in [0.717, 1.165) is 18.2 Å². The number of carbonyl (C=O) groups excluding carboxylic acids is 3. The summed E-state index contributed by atoms with van der Waals surface area (Å²) >= 11 is 0. The molecule has 1 amide bonds. The number of hydrogen-bond acceptors (Lipinski definition) is 8. The van der Waals surface area contributed by atoms with Gasteiger partial charge in [0, 0.05) is 23.3 Å². The average molecular weight is 319 g/mol. The van der Waals surface area contributed by atoms with Gasteiger partial charge in [-0.15, -0.1) is 0 Å². The molecule has 0 heterocycles. The van der Waals surface area contributed by atoms with Gasteiger partial charge in [0.15, 0.2) is 0 Å². The zero-order valence-corrected chi connectivity index (χ0v) is 11.9. The van der Waals surface area contributed by atoms with Crippen molar-refractivity contribution in [3.05, 3.63) is 38.0 Å². The van der Waals surface area contributed by atoms with Crippen LogP contribution in [0.4, 0.5) is 4.79 Å². The lowest BCUT2D eigenvalue weighted by Crippen LogP contribution is -2.11. The molecule has 0 saturated carbocycles. The molecule has 0 atom stereocenters. The van der Waals surface area contributed by atoms with E-state index < -0.39 is 24.0 Å². The van der Waals surface area contributed by atoms with Crippen molar-refractivity contribution >= 4 is 24.0 Å². The van der Waals surface area contributed by atoms with Gasteiger partial charge in [0.1, 0.15) is 0 Å². The number of ether oxygens (including phenoxy) is 1. The molecule has 3 N–H and O–H groups in total. The molecule has 0 aliphatic heterocycles. The molecule has 0 rings (SSSR count). The fourth-order valence-electron chi connectivity index (χ4n) is 0.294. The number of carbonyl (C=O) groups is 4. The first-order valence-electron chi connectivity index (χ1n) is 5.36. The number of aliphatic carboxylic acids is 1. The van der Waals surface area contributed by atoms with Crippen molar-refractivity contribution in [2.75, 3.05) is 6.61 Å². The van der Waals surface area contributed by atoms with E-state index in [9.17, 15) is 19.2 Å². The maximum atomic E-state index is 10.2. The van der Waals surface area contributed by atoms with Gasteiger partial charge in [-0.2, -0.15) is 0 Å². The zero-order chi connectivity index (χ0) is 18.0. The van der Waals surface area contributed by atoms with Gasteiger partial charge in [-0.25, -0.2) is 19.2 Å². The van der Waals surface area contributed by atoms with Crippen LogP contribution in [0, 0.1) is 0 Å². The molecule has 22 heavy (non-hydrogen) atoms. The van der Waals surface area contributed by atoms with Crippen molar-refractivity contribution in [3.8, 4) is 0 Å². The third-order valence-electron chi connectivity index (χ3n) is 1.03. The standard InChI is InChI=1S/C6H6O5.C3H7NO2.C3H4O2/c1-3-5(7)9-11-10-6(8)4-2;1-2-6-3(4)5;1-2-3(4)5/h3-4H,1-2H2;2H2,1H3,(H2,4,5);2H,1H2,(H,4,5). The van der Waals surface area contributed by atoms with E-state index in [1.165, 1.54) is 0 Å². The summed E-state index contributed by atoms with van der Waals surface area (Å²) < 4.78 is 4.18. The maximum Gasteiger partial charge on any atom is 0.404 e. The van der Waals surface area contributed by atoms with Crippen LogP contribution in [0.1, 0.15) is 6.92 Å². The van der Waals surface area contributed by atoms with Crippen LogP contribution in [0.5, 0.6) is 0 Å². The third-order valence-corrected chi connectivity index (χ3v) is 1.03. The smallest absolute Gasteiger partial charge is 0.404 e. The number of nitrogens with two attached hydrogens (primary N) is 1. The van der Waals surface area contributed by atoms with Crippen LogP contribution in [-0.4, -0.2) is 35.7 Å². The normalized spacial score (nSPS) is 7.50. The fraction of sp³-hybridized carbons (Fsp3) is 0.167. The highest BCUT2D eigenvalue weighted by molar-refractivity contribution is 5.81. The van der Waals surface area contributed by atoms with Crippen molar-refractivity contribution in [3.63, 3.8) is 0 Å². The quantitative estimate of drug-likeness (QED) is 0.408. The summed E-state index contributed by atoms with van der Waals surface area (Å²) in [5.74, 6) is -2.70. The van der Waals surface area contributed by atoms with Crippen molar-refractivity contribution < 1.29 is 43.8 Å². The second-order valence-electron chi connectivity index (χ2n) is 2.58. The SMILES string of the molecule is C=CC(=O)O.C=CC(=O)OOOC(=O)C=C.CCOC(N)=O. The van der Waals surface area contributed by atoms with E-state index in [4.69, 9.17) is 5.11 Å². The zero-order valence-electron chi connectivity index (χ0n) is 11.9. The number of amides is 1. The Labute approximate surface area is 126 Å². The summed E-state index contributed by atoms with van der Waals surface area (Å²) in [6, 6.07) is 0. The Kier molecular flexibility index (Phi) is 19.4. The molecule has 0 aromatic carbocycles. The molecule has 0 spiro atoms. The molecule has 124 valence electrons. The topological polar surface area (TPSA) is 151 Å². The summed E-state index contributed by atoms with van der Waals surface area (Å²) in [4.78, 5) is 46.9. The van der Waals surface area contributed by atoms with Gasteiger partial charge in [0.25, 0.3) is 0 Å². The van der Waals surface area contributed by atoms with E-state index >= 15 is 0 Å². The van der Waals surface area contributed by atoms with Gasteiger partial charge in [-0.1, -0.05) is 19.7 Å². The first-order chi connectivity index (χ1) is 10.2. The predicted molar refractivity (Wildman–Crippen MR) is 72.7 cm³/mol. The van der Waals surface area contributed by atoms with Crippen LogP contribution in [0.2, 0.25) is 0 Å². The third kappa shape index (κ3) is 30.2. The highest BCUT2D eigenvalue weighted by Gasteiger charge is 2.00. The van der Waals surface area contributed by atoms with Crippen molar-refractivity contribution in [1.82, 2.24) is 0 Å². The molecule has 0 bridgehead atoms. The van der Waals surface area contributed by atoms with E-state index in [1.807, 2.05) is 0 Å². The Morgan fingerprint density at radius 1 is 1.00 bits per heavy atom. The summed E-state index contributed by atoms with van der Waals surface area (Å²) in [6.07, 6.45) is 1.82. The minimum Gasteiger partial charge on any atom is -0.478 e. The summed E-state index contributed by atoms with van der Waals surface area (Å²) in [7, 11) is 0.